The Hall–Kier alpha value is -0.0800. The van der Waals surface area contributed by atoms with E-state index in [4.69, 9.17) is 0 Å². The van der Waals surface area contributed by atoms with E-state index in [1.54, 1.807) is 0 Å². The van der Waals surface area contributed by atoms with Gasteiger partial charge in [-0.2, -0.15) is 17.5 Å². The molecule has 2 aromatic rings. The summed E-state index contributed by atoms with van der Waals surface area (Å²) in [7, 11) is 0. The number of rotatable bonds is 0. The minimum Gasteiger partial charge on any atom is -0.477 e. The fourth-order valence-electron chi connectivity index (χ4n) is 1.27. The number of benzene rings is 1. The zero-order valence-corrected chi connectivity index (χ0v) is 18.7. The molecule has 3 rings (SSSR count). The number of fused-ring (bicyclic) bond motifs is 1. The van der Waals surface area contributed by atoms with Crippen LogP contribution in [0.25, 0.3) is 10.9 Å². The van der Waals surface area contributed by atoms with Crippen molar-refractivity contribution in [2.45, 2.75) is 6.42 Å². The van der Waals surface area contributed by atoms with Crippen molar-refractivity contribution in [1.82, 2.24) is 4.98 Å². The second-order valence-corrected chi connectivity index (χ2v) is 3.00. The summed E-state index contributed by atoms with van der Waals surface area (Å²) in [4.78, 5) is 2.99. The molecule has 5 heteroatoms. The Morgan fingerprint density at radius 1 is 1.00 bits per heavy atom. The number of hydrogen-bond donors (Lipinski definition) is 1. The number of aromatic nitrogens is 1. The van der Waals surface area contributed by atoms with Crippen LogP contribution in [0.1, 0.15) is 6.42 Å². The van der Waals surface area contributed by atoms with Gasteiger partial charge in [0.15, 0.2) is 0 Å². The Labute approximate surface area is 167 Å². The molecule has 1 aliphatic rings. The third-order valence-corrected chi connectivity index (χ3v) is 1.98. The van der Waals surface area contributed by atoms with Crippen molar-refractivity contribution in [1.29, 1.82) is 0 Å². The zero-order chi connectivity index (χ0) is 11.6. The van der Waals surface area contributed by atoms with Gasteiger partial charge in [-0.05, 0) is 0 Å². The fraction of sp³-hybridized carbons (Fsp3) is 0.0588. The van der Waals surface area contributed by atoms with Crippen LogP contribution < -0.4 is 0 Å². The van der Waals surface area contributed by atoms with Crippen LogP contribution in [0.4, 0.5) is 0 Å². The first-order chi connectivity index (χ1) is 7.97. The molecule has 1 nitrogen and oxygen atoms in total. The molecule has 0 spiro atoms. The Morgan fingerprint density at radius 2 is 1.59 bits per heavy atom. The second-order valence-electron chi connectivity index (χ2n) is 3.00. The van der Waals surface area contributed by atoms with Crippen LogP contribution in [0, 0.1) is 42.0 Å². The van der Waals surface area contributed by atoms with Crippen molar-refractivity contribution in [3.8, 4) is 0 Å². The molecule has 1 heterocycles. The topological polar surface area (TPSA) is 15.8 Å². The third-order valence-electron chi connectivity index (χ3n) is 1.98. The fourth-order valence-corrected chi connectivity index (χ4v) is 1.27. The number of aromatic amines is 1. The van der Waals surface area contributed by atoms with Gasteiger partial charge in [0.25, 0.3) is 0 Å². The first kappa shape index (κ1) is 37.9. The van der Waals surface area contributed by atoms with Crippen LogP contribution in [0.15, 0.2) is 48.6 Å². The van der Waals surface area contributed by atoms with E-state index < -0.39 is 0 Å². The molecule has 0 saturated heterocycles. The van der Waals surface area contributed by atoms with Crippen molar-refractivity contribution in [2.24, 2.45) is 0 Å². The molecular weight excluding hydrogens is 408 g/mol. The summed E-state index contributed by atoms with van der Waals surface area (Å²) >= 11 is 1.36. The van der Waals surface area contributed by atoms with Crippen molar-refractivity contribution in [3.63, 3.8) is 0 Å². The molecule has 126 valence electrons. The average Bonchev–Trinajstić information content (AvgIpc) is 3.06. The first-order valence-electron chi connectivity index (χ1n) is 4.87. The molecule has 0 saturated carbocycles. The molecule has 1 aromatic carbocycles. The summed E-state index contributed by atoms with van der Waals surface area (Å²) in [5, 5.41) is 1.22. The standard InChI is InChI=1S/C8H6N.C5H5.4CH3.2ClH.Si.Zr/c1-2-4-8-7(3-1)5-6-9-8;1-2-4-5-3-1;;;;;;;;/h1-5,9H;1-3H,4H2;4*1H3;2*1H;;/q6*-1;;;;. The third kappa shape index (κ3) is 14.8. The van der Waals surface area contributed by atoms with Crippen molar-refractivity contribution < 1.29 is 23.3 Å². The molecule has 0 atom stereocenters. The Morgan fingerprint density at radius 3 is 2.00 bits per heavy atom. The second kappa shape index (κ2) is 25.9. The molecule has 0 unspecified atom stereocenters. The van der Waals surface area contributed by atoms with Gasteiger partial charge in [-0.25, -0.2) is 12.2 Å². The Kier molecular flexibility index (Phi) is 44.5. The van der Waals surface area contributed by atoms with Gasteiger partial charge in [0.1, 0.15) is 0 Å². The van der Waals surface area contributed by atoms with Crippen LogP contribution >= 0.6 is 24.8 Å². The normalized spacial score (nSPS) is 8.32. The van der Waals surface area contributed by atoms with E-state index in [-0.39, 0.29) is 54.5 Å². The van der Waals surface area contributed by atoms with Crippen LogP contribution in [-0.2, 0) is 23.3 Å². The Bertz CT molecular complexity index is 444. The van der Waals surface area contributed by atoms with Crippen molar-refractivity contribution in [2.75, 3.05) is 0 Å². The predicted octanol–water partition coefficient (Wildman–Crippen LogP) is 5.54. The molecule has 1 aliphatic carbocycles. The monoisotopic (exact) mass is 431 g/mol. The van der Waals surface area contributed by atoms with Crippen LogP contribution in [0.5, 0.6) is 0 Å². The largest absolute Gasteiger partial charge is 0.477 e. The number of para-hydroxylation sites is 1. The summed E-state index contributed by atoms with van der Waals surface area (Å²) in [6.07, 6.45) is 12.9. The van der Waals surface area contributed by atoms with E-state index in [2.05, 4.69) is 36.3 Å². The van der Waals surface area contributed by atoms with E-state index in [0.717, 1.165) is 11.9 Å². The first-order valence-corrected chi connectivity index (χ1v) is 9.06. The van der Waals surface area contributed by atoms with Gasteiger partial charge in [0.2, 0.25) is 0 Å². The van der Waals surface area contributed by atoms with Gasteiger partial charge in [-0.3, -0.25) is 6.08 Å². The molecule has 0 fully saturated rings. The van der Waals surface area contributed by atoms with E-state index in [1.165, 1.54) is 28.7 Å². The molecule has 0 bridgehead atoms. The molecule has 22 heavy (non-hydrogen) atoms. The maximum Gasteiger partial charge on any atom is -0.0745 e. The molecule has 1 aromatic heterocycles. The number of halogens is 2. The smallest absolute Gasteiger partial charge is 0.0745 e. The number of nitrogens with one attached hydrogen (secondary N) is 1. The van der Waals surface area contributed by atoms with Crippen molar-refractivity contribution in [3.05, 3.63) is 90.5 Å². The van der Waals surface area contributed by atoms with Crippen LogP contribution in [0.3, 0.4) is 0 Å². The molecular formula is C17H25Cl2NSiZr-6. The van der Waals surface area contributed by atoms with Crippen molar-refractivity contribution >= 4 is 42.6 Å². The summed E-state index contributed by atoms with van der Waals surface area (Å²) < 4.78 is 0. The van der Waals surface area contributed by atoms with Gasteiger partial charge in [0, 0.05) is 0 Å². The quantitative estimate of drug-likeness (QED) is 0.415. The molecule has 0 amide bonds. The van der Waals surface area contributed by atoms with Gasteiger partial charge >= 0.3 is 30.2 Å². The maximum absolute atomic E-state index is 3.06. The number of hydrogen-bond acceptors (Lipinski definition) is 0. The van der Waals surface area contributed by atoms with Gasteiger partial charge < -0.3 is 34.7 Å². The van der Waals surface area contributed by atoms with Gasteiger partial charge in [-0.15, -0.1) is 55.1 Å². The van der Waals surface area contributed by atoms with E-state index in [1.807, 2.05) is 36.4 Å². The maximum atomic E-state index is 3.06. The number of allylic oxidation sites excluding steroid dienone is 4. The summed E-state index contributed by atoms with van der Waals surface area (Å²) in [5.74, 6) is 0. The molecule has 2 radical (unpaired) electrons. The minimum atomic E-state index is 0. The van der Waals surface area contributed by atoms with Gasteiger partial charge in [0.05, 0.1) is 0 Å². The molecule has 1 N–H and O–H groups in total. The Balaban J connectivity index is -0.0000000445. The zero-order valence-electron chi connectivity index (χ0n) is 13.6. The van der Waals surface area contributed by atoms with E-state index in [9.17, 15) is 0 Å². The van der Waals surface area contributed by atoms with E-state index >= 15 is 0 Å². The van der Waals surface area contributed by atoms with Gasteiger partial charge in [-0.1, -0.05) is 12.1 Å². The average molecular weight is 434 g/mol. The van der Waals surface area contributed by atoms with Crippen LogP contribution in [-0.4, -0.2) is 11.9 Å². The van der Waals surface area contributed by atoms with E-state index in [0.29, 0.717) is 0 Å². The molecule has 0 aliphatic heterocycles. The summed E-state index contributed by atoms with van der Waals surface area (Å²) in [6.45, 7) is 3.06. The predicted molar refractivity (Wildman–Crippen MR) is 105 cm³/mol. The number of H-pyrrole nitrogens is 1. The SMILES string of the molecule is Cl.Cl.[C-]1=CC=CC1.[CH3-].[CH3-].[CH3-].[CH3-].[Si]=[Zr].[c-]1cc2ccccc2[nH]1. The minimum absolute atomic E-state index is 0. The summed E-state index contributed by atoms with van der Waals surface area (Å²) in [6, 6.07) is 10.1. The summed E-state index contributed by atoms with van der Waals surface area (Å²) in [5.41, 5.74) is 1.15. The van der Waals surface area contributed by atoms with Crippen LogP contribution in [0.2, 0.25) is 0 Å².